The fraction of sp³-hybridized carbons (Fsp3) is 0.613. The van der Waals surface area contributed by atoms with Gasteiger partial charge in [0.05, 0.1) is 0 Å². The van der Waals surface area contributed by atoms with Gasteiger partial charge in [-0.1, -0.05) is 49.6 Å². The third-order valence-electron chi connectivity index (χ3n) is 9.06. The Kier molecular flexibility index (Phi) is 9.39. The average molecular weight is 551 g/mol. The Morgan fingerprint density at radius 3 is 2.48 bits per heavy atom. The van der Waals surface area contributed by atoms with Gasteiger partial charge in [0.2, 0.25) is 24.1 Å². The molecular weight excluding hydrogens is 508 g/mol. The zero-order valence-corrected chi connectivity index (χ0v) is 23.4. The summed E-state index contributed by atoms with van der Waals surface area (Å²) in [6.45, 7) is 4.18. The van der Waals surface area contributed by atoms with Crippen molar-refractivity contribution in [1.82, 2.24) is 19.6 Å². The molecule has 0 unspecified atom stereocenters. The lowest BCUT2D eigenvalue weighted by atomic mass is 9.82. The standard InChI is InChI=1S/C31H42N4O5/c36-23-32-14-16-33(17-15-32)29(37)19-25-12-13-34-20-26(25)10-6-18-40-28-11-5-4-9-27(28)21-35(22-30(34)38)31(39)24-7-2-1-3-8-24/h4-6,9-11,23-26H,1-3,7-8,12-22H2/t25-,26-/m0/s1. The molecule has 1 saturated carbocycles. The van der Waals surface area contributed by atoms with Gasteiger partial charge in [-0.2, -0.15) is 0 Å². The predicted octanol–water partition coefficient (Wildman–Crippen LogP) is 2.70. The van der Waals surface area contributed by atoms with Gasteiger partial charge in [-0.05, 0) is 37.2 Å². The van der Waals surface area contributed by atoms with Gasteiger partial charge in [-0.15, -0.1) is 0 Å². The zero-order chi connectivity index (χ0) is 27.9. The minimum atomic E-state index is -0.0324. The lowest BCUT2D eigenvalue weighted by molar-refractivity contribution is -0.145. The number of nitrogens with zero attached hydrogens (tertiary/aromatic N) is 4. The molecule has 9 nitrogen and oxygen atoms in total. The fourth-order valence-corrected chi connectivity index (χ4v) is 6.59. The molecule has 9 heteroatoms. The number of piperidine rings is 1. The molecular formula is C31H42N4O5. The van der Waals surface area contributed by atoms with E-state index in [0.717, 1.165) is 49.8 Å². The van der Waals surface area contributed by atoms with E-state index in [9.17, 15) is 19.2 Å². The Morgan fingerprint density at radius 2 is 1.70 bits per heavy atom. The van der Waals surface area contributed by atoms with E-state index in [-0.39, 0.29) is 42.0 Å². The Hall–Kier alpha value is -3.36. The topological polar surface area (TPSA) is 90.5 Å². The molecule has 2 atom stereocenters. The van der Waals surface area contributed by atoms with Crippen LogP contribution in [0.15, 0.2) is 36.4 Å². The third kappa shape index (κ3) is 6.85. The highest BCUT2D eigenvalue weighted by atomic mass is 16.5. The van der Waals surface area contributed by atoms with Crippen LogP contribution < -0.4 is 4.74 Å². The smallest absolute Gasteiger partial charge is 0.242 e. The highest BCUT2D eigenvalue weighted by Crippen LogP contribution is 2.31. The second-order valence-corrected chi connectivity index (χ2v) is 11.7. The molecule has 1 aromatic carbocycles. The first kappa shape index (κ1) is 28.2. The lowest BCUT2D eigenvalue weighted by Gasteiger charge is -2.39. The van der Waals surface area contributed by atoms with E-state index in [1.807, 2.05) is 40.1 Å². The first-order valence-corrected chi connectivity index (χ1v) is 14.9. The molecule has 4 amide bonds. The molecule has 3 fully saturated rings. The minimum absolute atomic E-state index is 0.0233. The van der Waals surface area contributed by atoms with Crippen molar-refractivity contribution in [2.75, 3.05) is 52.4 Å². The van der Waals surface area contributed by atoms with E-state index in [0.29, 0.717) is 58.8 Å². The summed E-state index contributed by atoms with van der Waals surface area (Å²) in [5, 5.41) is 0. The van der Waals surface area contributed by atoms with E-state index in [1.165, 1.54) is 6.42 Å². The van der Waals surface area contributed by atoms with Crippen LogP contribution in [0.25, 0.3) is 0 Å². The summed E-state index contributed by atoms with van der Waals surface area (Å²) < 4.78 is 6.14. The molecule has 1 aromatic rings. The fourth-order valence-electron chi connectivity index (χ4n) is 6.59. The molecule has 0 radical (unpaired) electrons. The first-order chi connectivity index (χ1) is 19.5. The van der Waals surface area contributed by atoms with Crippen LogP contribution in [-0.4, -0.2) is 96.2 Å². The SMILES string of the molecule is O=CN1CCN(C(=O)C[C@@H]2CCN3C[C@@H]2C=CCOc2ccccc2CN(C(=O)C2CCCCC2)CC3=O)CC1. The van der Waals surface area contributed by atoms with E-state index < -0.39 is 0 Å². The second kappa shape index (κ2) is 13.3. The molecule has 0 aromatic heterocycles. The van der Waals surface area contributed by atoms with Crippen LogP contribution in [-0.2, 0) is 25.7 Å². The number of carbonyl (C=O) groups excluding carboxylic acids is 4. The molecule has 5 rings (SSSR count). The van der Waals surface area contributed by atoms with Gasteiger partial charge in [-0.3, -0.25) is 19.2 Å². The van der Waals surface area contributed by atoms with E-state index in [4.69, 9.17) is 4.74 Å². The maximum atomic E-state index is 13.7. The zero-order valence-electron chi connectivity index (χ0n) is 23.4. The Balaban J connectivity index is 1.32. The molecule has 3 heterocycles. The summed E-state index contributed by atoms with van der Waals surface area (Å²) in [6, 6.07) is 7.76. The van der Waals surface area contributed by atoms with Crippen LogP contribution in [0.4, 0.5) is 0 Å². The van der Waals surface area contributed by atoms with Crippen LogP contribution >= 0.6 is 0 Å². The van der Waals surface area contributed by atoms with Crippen molar-refractivity contribution in [2.45, 2.75) is 51.5 Å². The molecule has 2 bridgehead atoms. The highest BCUT2D eigenvalue weighted by molar-refractivity contribution is 5.86. The molecule has 0 N–H and O–H groups in total. The molecule has 40 heavy (non-hydrogen) atoms. The molecule has 3 aliphatic heterocycles. The maximum absolute atomic E-state index is 13.7. The second-order valence-electron chi connectivity index (χ2n) is 11.7. The van der Waals surface area contributed by atoms with Crippen molar-refractivity contribution >= 4 is 24.1 Å². The van der Waals surface area contributed by atoms with Crippen molar-refractivity contribution in [1.29, 1.82) is 0 Å². The Morgan fingerprint density at radius 1 is 0.925 bits per heavy atom. The van der Waals surface area contributed by atoms with Gasteiger partial charge in [0.1, 0.15) is 18.9 Å². The number of piperazine rings is 1. The maximum Gasteiger partial charge on any atom is 0.242 e. The van der Waals surface area contributed by atoms with Crippen molar-refractivity contribution in [2.24, 2.45) is 17.8 Å². The largest absolute Gasteiger partial charge is 0.489 e. The summed E-state index contributed by atoms with van der Waals surface area (Å²) in [5.74, 6) is 1.00. The summed E-state index contributed by atoms with van der Waals surface area (Å²) in [6.07, 6.45) is 11.2. The molecule has 0 spiro atoms. The van der Waals surface area contributed by atoms with Crippen LogP contribution in [0.5, 0.6) is 5.75 Å². The summed E-state index contributed by atoms with van der Waals surface area (Å²) >= 11 is 0. The Bertz CT molecular complexity index is 1090. The quantitative estimate of drug-likeness (QED) is 0.425. The molecule has 1 aliphatic carbocycles. The van der Waals surface area contributed by atoms with Crippen LogP contribution in [0.1, 0.15) is 50.5 Å². The van der Waals surface area contributed by atoms with Crippen molar-refractivity contribution in [3.8, 4) is 5.75 Å². The number of para-hydroxylation sites is 1. The lowest BCUT2D eigenvalue weighted by Crippen LogP contribution is -2.51. The number of fused-ring (bicyclic) bond motifs is 3. The average Bonchev–Trinajstić information content (AvgIpc) is 3.00. The van der Waals surface area contributed by atoms with Gasteiger partial charge >= 0.3 is 0 Å². The van der Waals surface area contributed by atoms with E-state index in [1.54, 1.807) is 9.80 Å². The normalized spacial score (nSPS) is 24.8. The molecule has 4 aliphatic rings. The number of hydrogen-bond acceptors (Lipinski definition) is 5. The van der Waals surface area contributed by atoms with E-state index >= 15 is 0 Å². The van der Waals surface area contributed by atoms with Crippen molar-refractivity contribution in [3.63, 3.8) is 0 Å². The van der Waals surface area contributed by atoms with Crippen molar-refractivity contribution < 1.29 is 23.9 Å². The monoisotopic (exact) mass is 550 g/mol. The van der Waals surface area contributed by atoms with Crippen LogP contribution in [0.2, 0.25) is 0 Å². The number of benzene rings is 1. The summed E-state index contributed by atoms with van der Waals surface area (Å²) in [7, 11) is 0. The molecule has 216 valence electrons. The predicted molar refractivity (Wildman–Crippen MR) is 150 cm³/mol. The molecule has 2 saturated heterocycles. The third-order valence-corrected chi connectivity index (χ3v) is 9.06. The van der Waals surface area contributed by atoms with Gasteiger partial charge in [0.15, 0.2) is 0 Å². The summed E-state index contributed by atoms with van der Waals surface area (Å²) in [5.41, 5.74) is 0.906. The minimum Gasteiger partial charge on any atom is -0.489 e. The van der Waals surface area contributed by atoms with Crippen LogP contribution in [0, 0.1) is 17.8 Å². The number of carbonyl (C=O) groups is 4. The van der Waals surface area contributed by atoms with Gasteiger partial charge in [-0.25, -0.2) is 0 Å². The van der Waals surface area contributed by atoms with Crippen LogP contribution in [0.3, 0.4) is 0 Å². The number of rotatable bonds is 4. The Labute approximate surface area is 237 Å². The van der Waals surface area contributed by atoms with Gasteiger partial charge < -0.3 is 24.3 Å². The summed E-state index contributed by atoms with van der Waals surface area (Å²) in [4.78, 5) is 58.7. The highest BCUT2D eigenvalue weighted by Gasteiger charge is 2.35. The van der Waals surface area contributed by atoms with E-state index in [2.05, 4.69) is 6.08 Å². The number of amides is 4. The number of hydrogen-bond donors (Lipinski definition) is 0. The first-order valence-electron chi connectivity index (χ1n) is 14.9. The number of ether oxygens (including phenoxy) is 1. The van der Waals surface area contributed by atoms with Gasteiger partial charge in [0.25, 0.3) is 0 Å². The van der Waals surface area contributed by atoms with Crippen molar-refractivity contribution in [3.05, 3.63) is 42.0 Å². The van der Waals surface area contributed by atoms with Gasteiger partial charge in [0, 0.05) is 63.7 Å².